The number of hydrogen-bond acceptors (Lipinski definition) is 13. The van der Waals surface area contributed by atoms with Gasteiger partial charge in [0.05, 0.1) is 53.6 Å². The molecular weight excluding hydrogens is 950 g/mol. The Bertz CT molecular complexity index is 2490. The molecule has 0 bridgehead atoms. The van der Waals surface area contributed by atoms with Crippen molar-refractivity contribution in [2.45, 2.75) is 109 Å². The highest BCUT2D eigenvalue weighted by atomic mass is 32.1. The van der Waals surface area contributed by atoms with Crippen LogP contribution in [-0.4, -0.2) is 126 Å². The van der Waals surface area contributed by atoms with Crippen LogP contribution in [0.15, 0.2) is 47.3 Å². The number of nitrogens with one attached hydrogen (secondary N) is 4. The first kappa shape index (κ1) is 52.2. The van der Waals surface area contributed by atoms with Crippen LogP contribution in [0.2, 0.25) is 0 Å². The van der Waals surface area contributed by atoms with E-state index in [1.807, 2.05) is 31.2 Å². The molecule has 1 saturated carbocycles. The average molecular weight is 1010 g/mol. The lowest BCUT2D eigenvalue weighted by Crippen LogP contribution is -2.59. The van der Waals surface area contributed by atoms with Gasteiger partial charge in [0.25, 0.3) is 11.8 Å². The van der Waals surface area contributed by atoms with Crippen molar-refractivity contribution in [2.24, 2.45) is 5.41 Å². The number of aryl methyl sites for hydroxylation is 1. The molecule has 5 amide bonds. The normalized spacial score (nSPS) is 18.5. The molecule has 70 heavy (non-hydrogen) atoms. The maximum atomic E-state index is 15.0. The van der Waals surface area contributed by atoms with Crippen molar-refractivity contribution in [1.82, 2.24) is 36.1 Å². The van der Waals surface area contributed by atoms with Crippen molar-refractivity contribution in [1.29, 1.82) is 0 Å². The van der Waals surface area contributed by atoms with Gasteiger partial charge >= 0.3 is 0 Å². The lowest BCUT2D eigenvalue weighted by molar-refractivity contribution is -0.145. The molecular formula is C49H61F3N8O8S2. The highest BCUT2D eigenvalue weighted by Gasteiger charge is 2.53. The Morgan fingerprint density at radius 2 is 1.63 bits per heavy atom. The summed E-state index contributed by atoms with van der Waals surface area (Å²) in [6, 6.07) is 6.67. The number of carbonyl (C=O) groups is 5. The summed E-state index contributed by atoms with van der Waals surface area (Å²) in [6.45, 7) is 9.50. The lowest BCUT2D eigenvalue weighted by Gasteiger charge is -2.36. The number of carbonyl (C=O) groups excluding carboxylic acids is 5. The van der Waals surface area contributed by atoms with Gasteiger partial charge in [-0.2, -0.15) is 4.39 Å². The van der Waals surface area contributed by atoms with E-state index in [2.05, 4.69) is 36.1 Å². The molecule has 3 aliphatic rings. The van der Waals surface area contributed by atoms with Gasteiger partial charge in [-0.3, -0.25) is 24.0 Å². The third-order valence-corrected chi connectivity index (χ3v) is 14.4. The van der Waals surface area contributed by atoms with Crippen LogP contribution in [0.4, 0.5) is 18.3 Å². The number of aliphatic hydroxyl groups excluding tert-OH is 1. The number of halogens is 3. The number of aliphatic hydroxyl groups is 1. The number of β-amino-alcohol motifs (C(OH)–C–C–N with tert-alkyl or cyclic N) is 1. The van der Waals surface area contributed by atoms with E-state index in [1.165, 1.54) is 33.6 Å². The Kier molecular flexibility index (Phi) is 17.2. The SMILES string of the molecule is Cc1ncsc1-c1ccc(C(CC(=O)NCCCCCCNC(=O)COc2c(-c3csc(N4CCOCC4)n3)ccc(F)c2F)NC(=O)[C@@H]2C[C@@H](O)CN2C(=O)C(NC(=O)C2(F)CC2)C(C)(C)C)cc1. The number of rotatable bonds is 21. The highest BCUT2D eigenvalue weighted by Crippen LogP contribution is 2.41. The molecule has 378 valence electrons. The first-order valence-electron chi connectivity index (χ1n) is 23.6. The minimum Gasteiger partial charge on any atom is -0.480 e. The van der Waals surface area contributed by atoms with Crippen LogP contribution < -0.4 is 30.9 Å². The number of alkyl halides is 1. The van der Waals surface area contributed by atoms with Gasteiger partial charge in [0.2, 0.25) is 23.5 Å². The van der Waals surface area contributed by atoms with Crippen LogP contribution in [-0.2, 0) is 28.7 Å². The van der Waals surface area contributed by atoms with Crippen molar-refractivity contribution in [3.8, 4) is 27.4 Å². The minimum atomic E-state index is -2.02. The van der Waals surface area contributed by atoms with Gasteiger partial charge in [0, 0.05) is 50.1 Å². The summed E-state index contributed by atoms with van der Waals surface area (Å²) in [4.78, 5) is 80.3. The van der Waals surface area contributed by atoms with E-state index in [1.54, 1.807) is 31.7 Å². The second kappa shape index (κ2) is 23.1. The van der Waals surface area contributed by atoms with E-state index in [9.17, 15) is 42.3 Å². The number of morpholine rings is 1. The van der Waals surface area contributed by atoms with Gasteiger partial charge in [0.15, 0.2) is 29.0 Å². The zero-order valence-corrected chi connectivity index (χ0v) is 41.4. The Morgan fingerprint density at radius 3 is 2.27 bits per heavy atom. The summed E-state index contributed by atoms with van der Waals surface area (Å²) in [6.07, 6.45) is 1.57. The zero-order valence-electron chi connectivity index (χ0n) is 39.8. The summed E-state index contributed by atoms with van der Waals surface area (Å²) in [5, 5.41) is 24.4. The molecule has 4 atom stereocenters. The van der Waals surface area contributed by atoms with E-state index < -0.39 is 82.9 Å². The van der Waals surface area contributed by atoms with Gasteiger partial charge in [0.1, 0.15) is 12.1 Å². The summed E-state index contributed by atoms with van der Waals surface area (Å²) in [7, 11) is 0. The summed E-state index contributed by atoms with van der Waals surface area (Å²) < 4.78 is 54.9. The van der Waals surface area contributed by atoms with Gasteiger partial charge in [-0.05, 0) is 61.3 Å². The number of nitrogens with zero attached hydrogens (tertiary/aromatic N) is 4. The predicted molar refractivity (Wildman–Crippen MR) is 259 cm³/mol. The molecule has 2 saturated heterocycles. The molecule has 3 fully saturated rings. The molecule has 16 nitrogen and oxygen atoms in total. The molecule has 2 aromatic heterocycles. The molecule has 2 unspecified atom stereocenters. The molecule has 1 aliphatic carbocycles. The third-order valence-electron chi connectivity index (χ3n) is 12.6. The van der Waals surface area contributed by atoms with Gasteiger partial charge in [-0.1, -0.05) is 57.9 Å². The second-order valence-electron chi connectivity index (χ2n) is 19.0. The number of aromatic nitrogens is 2. The van der Waals surface area contributed by atoms with E-state index in [-0.39, 0.29) is 43.7 Å². The Morgan fingerprint density at radius 1 is 0.943 bits per heavy atom. The molecule has 4 aromatic rings. The maximum absolute atomic E-state index is 15.0. The maximum Gasteiger partial charge on any atom is 0.258 e. The number of benzene rings is 2. The van der Waals surface area contributed by atoms with Gasteiger partial charge in [-0.25, -0.2) is 18.7 Å². The fraction of sp³-hybridized carbons (Fsp3) is 0.531. The molecule has 21 heteroatoms. The van der Waals surface area contributed by atoms with Crippen molar-refractivity contribution < 1.29 is 51.7 Å². The van der Waals surface area contributed by atoms with Crippen molar-refractivity contribution in [3.63, 3.8) is 0 Å². The smallest absolute Gasteiger partial charge is 0.258 e. The summed E-state index contributed by atoms with van der Waals surface area (Å²) in [5.74, 6) is -5.63. The Balaban J connectivity index is 0.886. The van der Waals surface area contributed by atoms with Crippen LogP contribution in [0.1, 0.15) is 89.4 Å². The first-order chi connectivity index (χ1) is 33.4. The monoisotopic (exact) mass is 1010 g/mol. The third kappa shape index (κ3) is 13.2. The Labute approximate surface area is 413 Å². The van der Waals surface area contributed by atoms with Crippen molar-refractivity contribution in [3.05, 3.63) is 70.2 Å². The number of amides is 5. The van der Waals surface area contributed by atoms with E-state index in [4.69, 9.17) is 9.47 Å². The Hall–Kier alpha value is -5.64. The molecule has 7 rings (SSSR count). The molecule has 2 aromatic carbocycles. The van der Waals surface area contributed by atoms with Crippen LogP contribution in [0.5, 0.6) is 5.75 Å². The topological polar surface area (TPSA) is 204 Å². The summed E-state index contributed by atoms with van der Waals surface area (Å²) in [5.41, 5.74) is 1.93. The highest BCUT2D eigenvalue weighted by molar-refractivity contribution is 7.14. The van der Waals surface area contributed by atoms with Crippen LogP contribution in [0.3, 0.4) is 0 Å². The number of anilines is 1. The molecule has 2 aliphatic heterocycles. The molecule has 4 heterocycles. The number of unbranched alkanes of at least 4 members (excludes halogenated alkanes) is 3. The second-order valence-corrected chi connectivity index (χ2v) is 20.7. The predicted octanol–water partition coefficient (Wildman–Crippen LogP) is 5.77. The molecule has 0 radical (unpaired) electrons. The fourth-order valence-corrected chi connectivity index (χ4v) is 10.0. The zero-order chi connectivity index (χ0) is 50.2. The lowest BCUT2D eigenvalue weighted by atomic mass is 9.85. The number of ether oxygens (including phenoxy) is 2. The van der Waals surface area contributed by atoms with Crippen molar-refractivity contribution in [2.75, 3.05) is 57.4 Å². The standard InChI is InChI=1S/C49H61F3N8O8S2/c1-29-42(70-28-55-29)31-11-9-30(10-12-31)35(56-44(64)37-23-32(61)25-60(37)45(65)43(48(2,3)4)58-46(66)49(52)15-16-49)24-38(62)53-17-7-5-6-8-18-54-39(63)26-68-41-33(13-14-34(50)40(41)51)36-27-69-47(57-36)59-19-21-67-22-20-59/h9-14,27-28,32,35,37,43,61H,5-8,15-26H2,1-4H3,(H,53,62)(H,54,63)(H,56,64)(H,58,66)/t32-,35?,37+,43?/m1/s1. The quantitative estimate of drug-likeness (QED) is 0.0634. The molecule has 5 N–H and O–H groups in total. The fourth-order valence-electron chi connectivity index (χ4n) is 8.35. The number of hydrogen-bond donors (Lipinski definition) is 5. The van der Waals surface area contributed by atoms with Crippen LogP contribution >= 0.6 is 22.7 Å². The van der Waals surface area contributed by atoms with Crippen molar-refractivity contribution >= 4 is 57.3 Å². The molecule has 0 spiro atoms. The van der Waals surface area contributed by atoms with E-state index >= 15 is 0 Å². The minimum absolute atomic E-state index is 0.0665. The van der Waals surface area contributed by atoms with E-state index in [0.29, 0.717) is 63.5 Å². The average Bonchev–Trinajstić information content (AvgIpc) is 3.64. The van der Waals surface area contributed by atoms with Gasteiger partial charge in [-0.15, -0.1) is 22.7 Å². The number of likely N-dealkylation sites (tertiary alicyclic amines) is 1. The van der Waals surface area contributed by atoms with Crippen LogP contribution in [0, 0.1) is 24.0 Å². The van der Waals surface area contributed by atoms with Crippen LogP contribution in [0.25, 0.3) is 21.7 Å². The largest absolute Gasteiger partial charge is 0.480 e. The summed E-state index contributed by atoms with van der Waals surface area (Å²) >= 11 is 2.86. The first-order valence-corrected chi connectivity index (χ1v) is 25.4. The number of thiazole rings is 2. The van der Waals surface area contributed by atoms with E-state index in [0.717, 1.165) is 40.2 Å². The van der Waals surface area contributed by atoms with Gasteiger partial charge < -0.3 is 45.6 Å².